The molecule has 3 unspecified atom stereocenters. The second kappa shape index (κ2) is 4.27. The van der Waals surface area contributed by atoms with Crippen LogP contribution in [0, 0.1) is 0 Å². The first kappa shape index (κ1) is 11.5. The first-order valence-electron chi connectivity index (χ1n) is 3.61. The minimum Gasteiger partial charge on any atom is -0.387 e. The van der Waals surface area contributed by atoms with Crippen LogP contribution >= 0.6 is 23.2 Å². The van der Waals surface area contributed by atoms with Crippen LogP contribution in [0.25, 0.3) is 0 Å². The number of ether oxygens (including phenoxy) is 1. The van der Waals surface area contributed by atoms with Gasteiger partial charge in [-0.25, -0.2) is 0 Å². The predicted octanol–water partition coefficient (Wildman–Crippen LogP) is -1.41. The molecule has 1 aliphatic heterocycles. The van der Waals surface area contributed by atoms with Crippen molar-refractivity contribution in [1.82, 2.24) is 0 Å². The first-order chi connectivity index (χ1) is 5.95. The van der Waals surface area contributed by atoms with Gasteiger partial charge in [-0.2, -0.15) is 0 Å². The van der Waals surface area contributed by atoms with E-state index in [1.54, 1.807) is 0 Å². The molecule has 13 heavy (non-hydrogen) atoms. The molecule has 4 N–H and O–H groups in total. The number of hydrogen-bond acceptors (Lipinski definition) is 5. The highest BCUT2D eigenvalue weighted by molar-refractivity contribution is 6.20. The molecule has 0 aliphatic carbocycles. The van der Waals surface area contributed by atoms with Crippen molar-refractivity contribution in [3.63, 3.8) is 0 Å². The van der Waals surface area contributed by atoms with E-state index < -0.39 is 35.5 Å². The molecule has 0 radical (unpaired) electrons. The third-order valence-electron chi connectivity index (χ3n) is 1.88. The summed E-state index contributed by atoms with van der Waals surface area (Å²) in [6, 6.07) is 0. The van der Waals surface area contributed by atoms with Crippen LogP contribution in [0.2, 0.25) is 0 Å². The third kappa shape index (κ3) is 2.24. The Morgan fingerprint density at radius 1 is 0.923 bits per heavy atom. The van der Waals surface area contributed by atoms with Gasteiger partial charge in [0, 0.05) is 0 Å². The summed E-state index contributed by atoms with van der Waals surface area (Å²) in [5.74, 6) is 0. The lowest BCUT2D eigenvalue weighted by atomic mass is 10.1. The van der Waals surface area contributed by atoms with E-state index in [1.807, 2.05) is 0 Å². The zero-order chi connectivity index (χ0) is 10.2. The lowest BCUT2D eigenvalue weighted by molar-refractivity contribution is -0.0598. The van der Waals surface area contributed by atoms with Crippen molar-refractivity contribution in [2.45, 2.75) is 35.5 Å². The summed E-state index contributed by atoms with van der Waals surface area (Å²) in [6.45, 7) is 0. The van der Waals surface area contributed by atoms with E-state index in [0.717, 1.165) is 0 Å². The summed E-state index contributed by atoms with van der Waals surface area (Å²) in [6.07, 6.45) is -5.00. The van der Waals surface area contributed by atoms with Gasteiger partial charge in [0.25, 0.3) is 0 Å². The lowest BCUT2D eigenvalue weighted by Crippen LogP contribution is -2.38. The standard InChI is InChI=1S/C6H10Cl2O5/c7-5(11)3-1(9)2(10)4(13-3)6(8)12/h1-6,9-12H/t1-,2-,3-,4?,5?,6?/m0/s1. The van der Waals surface area contributed by atoms with Crippen molar-refractivity contribution in [1.29, 1.82) is 0 Å². The van der Waals surface area contributed by atoms with Gasteiger partial charge >= 0.3 is 0 Å². The molecule has 0 aromatic heterocycles. The van der Waals surface area contributed by atoms with Gasteiger partial charge in [-0.15, -0.1) is 0 Å². The average molecular weight is 233 g/mol. The normalized spacial score (nSPS) is 44.8. The Bertz CT molecular complexity index is 158. The highest BCUT2D eigenvalue weighted by atomic mass is 35.5. The molecule has 6 atom stereocenters. The van der Waals surface area contributed by atoms with Crippen molar-refractivity contribution in [3.8, 4) is 0 Å². The van der Waals surface area contributed by atoms with Crippen LogP contribution in [-0.2, 0) is 4.74 Å². The SMILES string of the molecule is OC(Cl)C1O[C@H](C(O)Cl)[C@@H](O)[C@@H]1O. The van der Waals surface area contributed by atoms with E-state index in [1.165, 1.54) is 0 Å². The van der Waals surface area contributed by atoms with Crippen LogP contribution < -0.4 is 0 Å². The third-order valence-corrected chi connectivity index (χ3v) is 2.38. The Hall–Kier alpha value is 0.380. The molecule has 0 spiro atoms. The number of rotatable bonds is 2. The Labute approximate surface area is 84.5 Å². The maximum atomic E-state index is 9.26. The van der Waals surface area contributed by atoms with E-state index in [0.29, 0.717) is 0 Å². The number of aliphatic hydroxyl groups is 4. The fourth-order valence-corrected chi connectivity index (χ4v) is 1.60. The quantitative estimate of drug-likeness (QED) is 0.440. The van der Waals surface area contributed by atoms with Crippen molar-refractivity contribution in [2.24, 2.45) is 0 Å². The minimum absolute atomic E-state index is 1.14. The monoisotopic (exact) mass is 232 g/mol. The molecule has 1 aliphatic rings. The zero-order valence-corrected chi connectivity index (χ0v) is 7.93. The van der Waals surface area contributed by atoms with Gasteiger partial charge in [-0.05, 0) is 0 Å². The maximum absolute atomic E-state index is 9.26. The van der Waals surface area contributed by atoms with E-state index in [-0.39, 0.29) is 0 Å². The molecule has 0 aromatic carbocycles. The molecule has 1 fully saturated rings. The van der Waals surface area contributed by atoms with Gasteiger partial charge in [0.15, 0.2) is 11.1 Å². The summed E-state index contributed by atoms with van der Waals surface area (Å²) < 4.78 is 4.84. The molecular formula is C6H10Cl2O5. The fraction of sp³-hybridized carbons (Fsp3) is 1.00. The molecule has 0 amide bonds. The molecule has 7 heteroatoms. The van der Waals surface area contributed by atoms with Crippen molar-refractivity contribution in [3.05, 3.63) is 0 Å². The molecule has 0 saturated carbocycles. The second-order valence-corrected chi connectivity index (χ2v) is 3.69. The molecule has 0 aromatic rings. The molecular weight excluding hydrogens is 223 g/mol. The van der Waals surface area contributed by atoms with Gasteiger partial charge in [0.1, 0.15) is 24.4 Å². The summed E-state index contributed by atoms with van der Waals surface area (Å²) in [5, 5.41) is 36.3. The van der Waals surface area contributed by atoms with Crippen molar-refractivity contribution < 1.29 is 25.2 Å². The highest BCUT2D eigenvalue weighted by Gasteiger charge is 2.47. The summed E-state index contributed by atoms with van der Waals surface area (Å²) in [7, 11) is 0. The van der Waals surface area contributed by atoms with Gasteiger partial charge in [-0.1, -0.05) is 23.2 Å². The predicted molar refractivity (Wildman–Crippen MR) is 44.4 cm³/mol. The summed E-state index contributed by atoms with van der Waals surface area (Å²) in [5.41, 5.74) is -2.91. The molecule has 78 valence electrons. The summed E-state index contributed by atoms with van der Waals surface area (Å²) in [4.78, 5) is 0. The smallest absolute Gasteiger partial charge is 0.156 e. The van der Waals surface area contributed by atoms with Crippen LogP contribution in [0.1, 0.15) is 0 Å². The highest BCUT2D eigenvalue weighted by Crippen LogP contribution is 2.27. The zero-order valence-electron chi connectivity index (χ0n) is 6.42. The molecule has 1 heterocycles. The molecule has 0 bridgehead atoms. The molecule has 5 nitrogen and oxygen atoms in total. The van der Waals surface area contributed by atoms with Crippen LogP contribution in [0.4, 0.5) is 0 Å². The van der Waals surface area contributed by atoms with Crippen LogP contribution in [-0.4, -0.2) is 56.0 Å². The van der Waals surface area contributed by atoms with Crippen molar-refractivity contribution >= 4 is 23.2 Å². The number of halogens is 2. The largest absolute Gasteiger partial charge is 0.387 e. The van der Waals surface area contributed by atoms with Crippen LogP contribution in [0.3, 0.4) is 0 Å². The topological polar surface area (TPSA) is 90.2 Å². The summed E-state index contributed by atoms with van der Waals surface area (Å²) >= 11 is 10.5. The van der Waals surface area contributed by atoms with Gasteiger partial charge in [-0.3, -0.25) is 0 Å². The van der Waals surface area contributed by atoms with E-state index >= 15 is 0 Å². The van der Waals surface area contributed by atoms with E-state index in [9.17, 15) is 10.2 Å². The Kier molecular flexibility index (Phi) is 3.76. The number of hydrogen-bond donors (Lipinski definition) is 4. The van der Waals surface area contributed by atoms with Gasteiger partial charge in [0.2, 0.25) is 0 Å². The van der Waals surface area contributed by atoms with Crippen LogP contribution in [0.15, 0.2) is 0 Å². The Balaban J connectivity index is 2.66. The maximum Gasteiger partial charge on any atom is 0.156 e. The van der Waals surface area contributed by atoms with Crippen molar-refractivity contribution in [2.75, 3.05) is 0 Å². The first-order valence-corrected chi connectivity index (χ1v) is 4.48. The van der Waals surface area contributed by atoms with Gasteiger partial charge in [0.05, 0.1) is 0 Å². The van der Waals surface area contributed by atoms with E-state index in [2.05, 4.69) is 0 Å². The van der Waals surface area contributed by atoms with E-state index in [4.69, 9.17) is 38.2 Å². The van der Waals surface area contributed by atoms with Gasteiger partial charge < -0.3 is 25.2 Å². The number of aliphatic hydroxyl groups excluding tert-OH is 4. The second-order valence-electron chi connectivity index (χ2n) is 2.79. The Morgan fingerprint density at radius 3 is 1.38 bits per heavy atom. The average Bonchev–Trinajstić information content (AvgIpc) is 2.29. The minimum atomic E-state index is -1.45. The fourth-order valence-electron chi connectivity index (χ4n) is 1.19. The molecule has 1 saturated heterocycles. The number of alkyl halides is 2. The molecule has 1 rings (SSSR count). The lowest BCUT2D eigenvalue weighted by Gasteiger charge is -2.15. The Morgan fingerprint density at radius 2 is 1.23 bits per heavy atom. The van der Waals surface area contributed by atoms with Crippen LogP contribution in [0.5, 0.6) is 0 Å².